The van der Waals surface area contributed by atoms with E-state index in [1.165, 1.54) is 17.8 Å². The smallest absolute Gasteiger partial charge is 0.159 e. The Bertz CT molecular complexity index is 647. The van der Waals surface area contributed by atoms with E-state index in [0.717, 1.165) is 16.6 Å². The van der Waals surface area contributed by atoms with Gasteiger partial charge in [0.15, 0.2) is 11.6 Å². The fourth-order valence-corrected chi connectivity index (χ4v) is 2.80. The zero-order chi connectivity index (χ0) is 14.0. The molecule has 0 spiro atoms. The number of nitrogen functional groups attached to an aromatic ring is 1. The summed E-state index contributed by atoms with van der Waals surface area (Å²) in [6, 6.07) is 8.96. The van der Waals surface area contributed by atoms with Gasteiger partial charge in [-0.15, -0.1) is 0 Å². The van der Waals surface area contributed by atoms with Gasteiger partial charge < -0.3 is 5.73 Å². The second-order valence-electron chi connectivity index (χ2n) is 3.73. The molecule has 0 fully saturated rings. The Morgan fingerprint density at radius 2 is 1.84 bits per heavy atom. The molecule has 0 radical (unpaired) electrons. The van der Waals surface area contributed by atoms with Crippen molar-refractivity contribution in [1.29, 1.82) is 5.41 Å². The predicted octanol–water partition coefficient (Wildman–Crippen LogP) is 4.16. The lowest BCUT2D eigenvalue weighted by Gasteiger charge is -2.08. The summed E-state index contributed by atoms with van der Waals surface area (Å²) < 4.78 is 26.8. The Kier molecular flexibility index (Phi) is 4.21. The van der Waals surface area contributed by atoms with Crippen LogP contribution in [0.1, 0.15) is 5.56 Å². The van der Waals surface area contributed by atoms with Crippen LogP contribution in [-0.2, 0) is 0 Å². The molecule has 0 aliphatic rings. The van der Waals surface area contributed by atoms with E-state index in [1.807, 2.05) is 0 Å². The Hall–Kier alpha value is -1.40. The molecular weight excluding hydrogens is 334 g/mol. The fourth-order valence-electron chi connectivity index (χ4n) is 1.47. The number of rotatable bonds is 3. The maximum absolute atomic E-state index is 13.1. The third-order valence-electron chi connectivity index (χ3n) is 2.35. The molecule has 0 amide bonds. The molecule has 19 heavy (non-hydrogen) atoms. The first-order chi connectivity index (χ1) is 8.97. The van der Waals surface area contributed by atoms with Crippen molar-refractivity contribution >= 4 is 33.5 Å². The first kappa shape index (κ1) is 14.0. The summed E-state index contributed by atoms with van der Waals surface area (Å²) in [4.78, 5) is 1.26. The molecule has 0 heterocycles. The summed E-state index contributed by atoms with van der Waals surface area (Å²) in [5.41, 5.74) is 6.05. The van der Waals surface area contributed by atoms with Crippen LogP contribution in [0.25, 0.3) is 0 Å². The molecule has 98 valence electrons. The van der Waals surface area contributed by atoms with Gasteiger partial charge in [0.2, 0.25) is 0 Å². The predicted molar refractivity (Wildman–Crippen MR) is 75.6 cm³/mol. The van der Waals surface area contributed by atoms with E-state index in [-0.39, 0.29) is 5.84 Å². The van der Waals surface area contributed by atoms with Gasteiger partial charge in [-0.2, -0.15) is 0 Å². The van der Waals surface area contributed by atoms with E-state index in [1.54, 1.807) is 18.2 Å². The SMILES string of the molecule is N=C(N)c1cc(Br)ccc1Sc1ccc(F)c(F)c1. The molecule has 2 rings (SSSR count). The van der Waals surface area contributed by atoms with E-state index in [9.17, 15) is 8.78 Å². The minimum absolute atomic E-state index is 0.0774. The Morgan fingerprint density at radius 1 is 1.11 bits per heavy atom. The minimum Gasteiger partial charge on any atom is -0.384 e. The number of amidine groups is 1. The lowest BCUT2D eigenvalue weighted by molar-refractivity contribution is 0.506. The largest absolute Gasteiger partial charge is 0.384 e. The third-order valence-corrected chi connectivity index (χ3v) is 3.91. The second kappa shape index (κ2) is 5.71. The van der Waals surface area contributed by atoms with Crippen LogP contribution >= 0.6 is 27.7 Å². The molecule has 0 saturated heterocycles. The fraction of sp³-hybridized carbons (Fsp3) is 0. The Morgan fingerprint density at radius 3 is 2.47 bits per heavy atom. The van der Waals surface area contributed by atoms with Crippen LogP contribution in [0.5, 0.6) is 0 Å². The van der Waals surface area contributed by atoms with Gasteiger partial charge in [-0.25, -0.2) is 8.78 Å². The summed E-state index contributed by atoms with van der Waals surface area (Å²) in [5.74, 6) is -1.86. The molecule has 0 aromatic heterocycles. The van der Waals surface area contributed by atoms with Gasteiger partial charge in [0, 0.05) is 19.8 Å². The average molecular weight is 343 g/mol. The van der Waals surface area contributed by atoms with Gasteiger partial charge in [0.05, 0.1) is 0 Å². The standard InChI is InChI=1S/C13H9BrF2N2S/c14-7-1-4-12(9(5-7)13(17)18)19-8-2-3-10(15)11(16)6-8/h1-6H,(H3,17,18). The highest BCUT2D eigenvalue weighted by Crippen LogP contribution is 2.32. The highest BCUT2D eigenvalue weighted by atomic mass is 79.9. The van der Waals surface area contributed by atoms with Crippen molar-refractivity contribution in [2.75, 3.05) is 0 Å². The topological polar surface area (TPSA) is 49.9 Å². The highest BCUT2D eigenvalue weighted by molar-refractivity contribution is 9.10. The van der Waals surface area contributed by atoms with Gasteiger partial charge in [0.25, 0.3) is 0 Å². The van der Waals surface area contributed by atoms with Crippen LogP contribution in [0.15, 0.2) is 50.7 Å². The van der Waals surface area contributed by atoms with Gasteiger partial charge >= 0.3 is 0 Å². The van der Waals surface area contributed by atoms with E-state index in [2.05, 4.69) is 15.9 Å². The molecule has 3 N–H and O–H groups in total. The van der Waals surface area contributed by atoms with E-state index in [4.69, 9.17) is 11.1 Å². The molecule has 0 bridgehead atoms. The van der Waals surface area contributed by atoms with E-state index in [0.29, 0.717) is 15.4 Å². The third kappa shape index (κ3) is 3.33. The van der Waals surface area contributed by atoms with Crippen molar-refractivity contribution in [2.45, 2.75) is 9.79 Å². The quantitative estimate of drug-likeness (QED) is 0.649. The molecular formula is C13H9BrF2N2S. The van der Waals surface area contributed by atoms with Crippen LogP contribution in [0.3, 0.4) is 0 Å². The van der Waals surface area contributed by atoms with Crippen molar-refractivity contribution in [2.24, 2.45) is 5.73 Å². The molecule has 2 aromatic carbocycles. The summed E-state index contributed by atoms with van der Waals surface area (Å²) in [6.45, 7) is 0. The lowest BCUT2D eigenvalue weighted by Crippen LogP contribution is -2.12. The Balaban J connectivity index is 2.37. The zero-order valence-electron chi connectivity index (χ0n) is 9.58. The molecule has 0 atom stereocenters. The number of nitrogens with one attached hydrogen (secondary N) is 1. The first-order valence-corrected chi connectivity index (χ1v) is 6.85. The summed E-state index contributed by atoms with van der Waals surface area (Å²) >= 11 is 4.53. The number of halogens is 3. The van der Waals surface area contributed by atoms with E-state index < -0.39 is 11.6 Å². The molecule has 0 aliphatic carbocycles. The second-order valence-corrected chi connectivity index (χ2v) is 5.76. The molecule has 2 aromatic rings. The number of hydrogen-bond donors (Lipinski definition) is 2. The molecule has 0 unspecified atom stereocenters. The lowest BCUT2D eigenvalue weighted by atomic mass is 10.2. The number of nitrogens with two attached hydrogens (primary N) is 1. The van der Waals surface area contributed by atoms with Crippen molar-refractivity contribution in [3.05, 3.63) is 58.1 Å². The molecule has 0 saturated carbocycles. The first-order valence-electron chi connectivity index (χ1n) is 5.24. The molecule has 0 aliphatic heterocycles. The number of hydrogen-bond acceptors (Lipinski definition) is 2. The van der Waals surface area contributed by atoms with Crippen molar-refractivity contribution < 1.29 is 8.78 Å². The maximum Gasteiger partial charge on any atom is 0.159 e. The maximum atomic E-state index is 13.1. The highest BCUT2D eigenvalue weighted by Gasteiger charge is 2.09. The van der Waals surface area contributed by atoms with Gasteiger partial charge in [-0.3, -0.25) is 5.41 Å². The van der Waals surface area contributed by atoms with Crippen LogP contribution in [-0.4, -0.2) is 5.84 Å². The summed E-state index contributed by atoms with van der Waals surface area (Å²) in [6.07, 6.45) is 0. The zero-order valence-corrected chi connectivity index (χ0v) is 12.0. The van der Waals surface area contributed by atoms with E-state index >= 15 is 0 Å². The van der Waals surface area contributed by atoms with Crippen LogP contribution in [0.4, 0.5) is 8.78 Å². The monoisotopic (exact) mass is 342 g/mol. The van der Waals surface area contributed by atoms with Gasteiger partial charge in [-0.1, -0.05) is 27.7 Å². The number of benzene rings is 2. The normalized spacial score (nSPS) is 10.5. The molecule has 6 heteroatoms. The summed E-state index contributed by atoms with van der Waals surface area (Å²) in [7, 11) is 0. The van der Waals surface area contributed by atoms with Crippen molar-refractivity contribution in [3.63, 3.8) is 0 Å². The average Bonchev–Trinajstić information content (AvgIpc) is 2.36. The molecule has 2 nitrogen and oxygen atoms in total. The van der Waals surface area contributed by atoms with Crippen LogP contribution in [0, 0.1) is 17.0 Å². The van der Waals surface area contributed by atoms with Crippen LogP contribution in [0.2, 0.25) is 0 Å². The minimum atomic E-state index is -0.897. The van der Waals surface area contributed by atoms with Crippen molar-refractivity contribution in [1.82, 2.24) is 0 Å². The van der Waals surface area contributed by atoms with Crippen LogP contribution < -0.4 is 5.73 Å². The van der Waals surface area contributed by atoms with Gasteiger partial charge in [0.1, 0.15) is 5.84 Å². The Labute approximate surface area is 121 Å². The van der Waals surface area contributed by atoms with Crippen molar-refractivity contribution in [3.8, 4) is 0 Å². The van der Waals surface area contributed by atoms with Gasteiger partial charge in [-0.05, 0) is 36.4 Å². The summed E-state index contributed by atoms with van der Waals surface area (Å²) in [5, 5.41) is 7.52.